The van der Waals surface area contributed by atoms with E-state index in [1.165, 1.54) is 22.7 Å². The average Bonchev–Trinajstić information content (AvgIpc) is 3.80. The molecule has 6 aromatic rings. The minimum Gasteiger partial charge on any atom is -0.497 e. The normalized spacial score (nSPS) is 14.0. The molecule has 1 fully saturated rings. The molecule has 0 bridgehead atoms. The highest BCUT2D eigenvalue weighted by molar-refractivity contribution is 7.22. The van der Waals surface area contributed by atoms with E-state index >= 15 is 0 Å². The van der Waals surface area contributed by atoms with Crippen molar-refractivity contribution in [3.8, 4) is 5.75 Å². The van der Waals surface area contributed by atoms with E-state index < -0.39 is 0 Å². The first-order valence-corrected chi connectivity index (χ1v) is 15.9. The number of nitrogens with zero attached hydrogens (tertiary/aromatic N) is 5. The second kappa shape index (κ2) is 11.2. The number of thiophene rings is 1. The molecule has 12 heteroatoms. The molecule has 0 saturated carbocycles. The number of carbonyl (C=O) groups is 2. The highest BCUT2D eigenvalue weighted by Crippen LogP contribution is 2.35. The van der Waals surface area contributed by atoms with Crippen molar-refractivity contribution in [2.45, 2.75) is 18.8 Å². The minimum absolute atomic E-state index is 0.118. The highest BCUT2D eigenvalue weighted by atomic mass is 32.1. The van der Waals surface area contributed by atoms with Gasteiger partial charge in [-0.25, -0.2) is 19.9 Å². The zero-order valence-corrected chi connectivity index (χ0v) is 24.9. The minimum atomic E-state index is -0.289. The maximum absolute atomic E-state index is 13.1. The van der Waals surface area contributed by atoms with Crippen LogP contribution in [0.15, 0.2) is 65.6 Å². The summed E-state index contributed by atoms with van der Waals surface area (Å²) in [5.41, 5.74) is 3.09. The van der Waals surface area contributed by atoms with E-state index in [2.05, 4.69) is 25.2 Å². The van der Waals surface area contributed by atoms with Crippen LogP contribution in [0.4, 0.5) is 10.9 Å². The van der Waals surface area contributed by atoms with Crippen LogP contribution >= 0.6 is 34.0 Å². The molecule has 1 amide bonds. The molecule has 42 heavy (non-hydrogen) atoms. The topological polar surface area (TPSA) is 110 Å². The zero-order chi connectivity index (χ0) is 28.6. The van der Waals surface area contributed by atoms with Crippen molar-refractivity contribution in [1.82, 2.24) is 19.9 Å². The van der Waals surface area contributed by atoms with Gasteiger partial charge in [0.25, 0.3) is 5.91 Å². The molecule has 1 saturated heterocycles. The lowest BCUT2D eigenvalue weighted by molar-refractivity contribution is 0.101. The molecule has 0 aliphatic carbocycles. The van der Waals surface area contributed by atoms with E-state index in [4.69, 9.17) is 9.72 Å². The number of hydrogen-bond donors (Lipinski definition) is 1. The fourth-order valence-corrected chi connectivity index (χ4v) is 7.81. The number of rotatable bonds is 7. The number of hydrogen-bond acceptors (Lipinski definition) is 11. The maximum Gasteiger partial charge on any atom is 0.276 e. The van der Waals surface area contributed by atoms with Gasteiger partial charge in [-0.2, -0.15) is 0 Å². The Hall–Kier alpha value is -4.26. The zero-order valence-electron chi connectivity index (χ0n) is 22.4. The molecule has 1 aliphatic rings. The smallest absolute Gasteiger partial charge is 0.276 e. The number of anilines is 2. The Bertz CT molecular complexity index is 1940. The molecule has 9 nitrogen and oxygen atoms in total. The van der Waals surface area contributed by atoms with Gasteiger partial charge in [0.1, 0.15) is 23.6 Å². The van der Waals surface area contributed by atoms with Crippen LogP contribution in [0, 0.1) is 0 Å². The van der Waals surface area contributed by atoms with Crippen LogP contribution in [0.1, 0.15) is 50.2 Å². The van der Waals surface area contributed by atoms with E-state index in [-0.39, 0.29) is 11.7 Å². The summed E-state index contributed by atoms with van der Waals surface area (Å²) >= 11 is 4.56. The van der Waals surface area contributed by atoms with E-state index in [0.29, 0.717) is 39.1 Å². The molecule has 2 aromatic carbocycles. The highest BCUT2D eigenvalue weighted by Gasteiger charge is 2.26. The quantitative estimate of drug-likeness (QED) is 0.200. The number of methoxy groups -OCH3 is 1. The Morgan fingerprint density at radius 2 is 1.83 bits per heavy atom. The van der Waals surface area contributed by atoms with Crippen LogP contribution in [0.3, 0.4) is 0 Å². The van der Waals surface area contributed by atoms with Crippen LogP contribution in [-0.4, -0.2) is 51.8 Å². The molecule has 1 N–H and O–H groups in total. The molecule has 5 heterocycles. The summed E-state index contributed by atoms with van der Waals surface area (Å²) in [5, 5.41) is 8.20. The number of ketones is 1. The summed E-state index contributed by atoms with van der Waals surface area (Å²) in [6.07, 6.45) is 3.52. The molecule has 1 aliphatic heterocycles. The maximum atomic E-state index is 13.1. The van der Waals surface area contributed by atoms with Crippen molar-refractivity contribution in [2.24, 2.45) is 0 Å². The molecule has 0 radical (unpaired) electrons. The van der Waals surface area contributed by atoms with Crippen LogP contribution in [0.2, 0.25) is 0 Å². The number of amides is 1. The van der Waals surface area contributed by atoms with Crippen molar-refractivity contribution in [1.29, 1.82) is 0 Å². The summed E-state index contributed by atoms with van der Waals surface area (Å²) in [7, 11) is 1.57. The number of benzene rings is 2. The van der Waals surface area contributed by atoms with Gasteiger partial charge < -0.3 is 9.64 Å². The number of ether oxygens (including phenoxy) is 1. The summed E-state index contributed by atoms with van der Waals surface area (Å²) in [5.74, 6) is 1.52. The molecule has 0 atom stereocenters. The first-order valence-electron chi connectivity index (χ1n) is 13.3. The fraction of sp³-hybridized carbons (Fsp3) is 0.200. The Labute approximate surface area is 252 Å². The standard InChI is InChI=1S/C30H24N6O3S3/c1-39-20-4-2-3-18(13-20)25(37)19-5-6-24-22(14-19)34-30(42-24)35-28(38)23-15-41-29(33-23)17-7-10-36(11-8-17)27-26-21(9-12-40-26)31-16-32-27/h2-6,9,12-17H,7-8,10-11H2,1H3,(H,34,35,38). The number of carbonyl (C=O) groups excluding carboxylic acids is 2. The van der Waals surface area contributed by atoms with E-state index in [1.807, 2.05) is 22.9 Å². The second-order valence-electron chi connectivity index (χ2n) is 9.88. The third-order valence-corrected chi connectivity index (χ3v) is 10.2. The van der Waals surface area contributed by atoms with Crippen LogP contribution in [0.5, 0.6) is 5.75 Å². The Morgan fingerprint density at radius 1 is 0.976 bits per heavy atom. The number of aromatic nitrogens is 4. The first-order chi connectivity index (χ1) is 20.6. The predicted molar refractivity (Wildman–Crippen MR) is 168 cm³/mol. The summed E-state index contributed by atoms with van der Waals surface area (Å²) < 4.78 is 7.24. The number of fused-ring (bicyclic) bond motifs is 2. The van der Waals surface area contributed by atoms with Crippen molar-refractivity contribution in [2.75, 3.05) is 30.4 Å². The fourth-order valence-electron chi connectivity index (χ4n) is 5.13. The van der Waals surface area contributed by atoms with Crippen LogP contribution in [0.25, 0.3) is 20.4 Å². The van der Waals surface area contributed by atoms with E-state index in [9.17, 15) is 9.59 Å². The lowest BCUT2D eigenvalue weighted by atomic mass is 9.97. The van der Waals surface area contributed by atoms with Crippen molar-refractivity contribution in [3.63, 3.8) is 0 Å². The van der Waals surface area contributed by atoms with Crippen molar-refractivity contribution >= 4 is 77.1 Å². The van der Waals surface area contributed by atoms with Gasteiger partial charge in [0.05, 0.1) is 32.6 Å². The molecule has 210 valence electrons. The Morgan fingerprint density at radius 3 is 2.69 bits per heavy atom. The van der Waals surface area contributed by atoms with Crippen LogP contribution in [-0.2, 0) is 0 Å². The summed E-state index contributed by atoms with van der Waals surface area (Å²) in [6, 6.07) is 14.5. The number of piperidine rings is 1. The molecular formula is C30H24N6O3S3. The molecule has 0 spiro atoms. The van der Waals surface area contributed by atoms with Gasteiger partial charge in [-0.1, -0.05) is 23.5 Å². The Balaban J connectivity index is 1.01. The number of thiazole rings is 2. The number of nitrogens with one attached hydrogen (secondary N) is 1. The SMILES string of the molecule is COc1cccc(C(=O)c2ccc3sc(NC(=O)c4csc(C5CCN(c6ncnc7ccsc67)CC5)n4)nc3c2)c1. The van der Waals surface area contributed by atoms with Gasteiger partial charge in [0, 0.05) is 35.5 Å². The van der Waals surface area contributed by atoms with Crippen molar-refractivity contribution < 1.29 is 14.3 Å². The van der Waals surface area contributed by atoms with Gasteiger partial charge in [-0.15, -0.1) is 22.7 Å². The molecule has 7 rings (SSSR count). The second-order valence-corrected chi connectivity index (χ2v) is 12.7. The van der Waals surface area contributed by atoms with Gasteiger partial charge in [0.15, 0.2) is 10.9 Å². The van der Waals surface area contributed by atoms with Gasteiger partial charge in [0.2, 0.25) is 0 Å². The van der Waals surface area contributed by atoms with Gasteiger partial charge in [-0.05, 0) is 54.6 Å². The summed E-state index contributed by atoms with van der Waals surface area (Å²) in [4.78, 5) is 46.6. The lowest BCUT2D eigenvalue weighted by Crippen LogP contribution is -2.33. The monoisotopic (exact) mass is 612 g/mol. The van der Waals surface area contributed by atoms with Crippen molar-refractivity contribution in [3.05, 3.63) is 87.4 Å². The predicted octanol–water partition coefficient (Wildman–Crippen LogP) is 6.63. The van der Waals surface area contributed by atoms with E-state index in [1.54, 1.807) is 61.2 Å². The Kier molecular flexibility index (Phi) is 7.10. The molecular weight excluding hydrogens is 589 g/mol. The van der Waals surface area contributed by atoms with Gasteiger partial charge in [-0.3, -0.25) is 14.9 Å². The summed E-state index contributed by atoms with van der Waals surface area (Å²) in [6.45, 7) is 1.76. The van der Waals surface area contributed by atoms with E-state index in [0.717, 1.165) is 51.7 Å². The molecule has 0 unspecified atom stereocenters. The third-order valence-electron chi connectivity index (χ3n) is 7.32. The lowest BCUT2D eigenvalue weighted by Gasteiger charge is -2.32. The van der Waals surface area contributed by atoms with Crippen LogP contribution < -0.4 is 15.0 Å². The third kappa shape index (κ3) is 5.13. The largest absolute Gasteiger partial charge is 0.497 e. The van der Waals surface area contributed by atoms with Gasteiger partial charge >= 0.3 is 0 Å². The first kappa shape index (κ1) is 26.6. The molecule has 4 aromatic heterocycles. The average molecular weight is 613 g/mol.